The average molecular weight is 489 g/mol. The largest absolute Gasteiger partial charge is 0.417 e. The van der Waals surface area contributed by atoms with E-state index in [0.717, 1.165) is 30.1 Å². The van der Waals surface area contributed by atoms with Crippen LogP contribution in [0.25, 0.3) is 0 Å². The summed E-state index contributed by atoms with van der Waals surface area (Å²) in [6.07, 6.45) is -0.440. The van der Waals surface area contributed by atoms with Crippen LogP contribution >= 0.6 is 11.6 Å². The van der Waals surface area contributed by atoms with Gasteiger partial charge in [-0.05, 0) is 36.6 Å². The molecule has 1 aromatic carbocycles. The van der Waals surface area contributed by atoms with E-state index in [1.807, 2.05) is 40.3 Å². The molecule has 0 radical (unpaired) electrons. The van der Waals surface area contributed by atoms with E-state index >= 15 is 0 Å². The van der Waals surface area contributed by atoms with Crippen molar-refractivity contribution >= 4 is 23.3 Å². The van der Waals surface area contributed by atoms with E-state index in [9.17, 15) is 18.0 Å². The van der Waals surface area contributed by atoms with Crippen molar-refractivity contribution in [1.29, 1.82) is 0 Å². The van der Waals surface area contributed by atoms with Crippen LogP contribution in [0, 0.1) is 5.92 Å². The molecular formula is C25H24ClF3N4O. The van der Waals surface area contributed by atoms with E-state index in [-0.39, 0.29) is 22.9 Å². The Morgan fingerprint density at radius 3 is 2.41 bits per heavy atom. The normalized spacial score (nSPS) is 19.2. The highest BCUT2D eigenvalue weighted by Crippen LogP contribution is 2.37. The summed E-state index contributed by atoms with van der Waals surface area (Å²) in [7, 11) is 0. The maximum absolute atomic E-state index is 13.7. The van der Waals surface area contributed by atoms with Crippen molar-refractivity contribution in [2.75, 3.05) is 24.5 Å². The van der Waals surface area contributed by atoms with Gasteiger partial charge in [0, 0.05) is 50.2 Å². The molecule has 34 heavy (non-hydrogen) atoms. The van der Waals surface area contributed by atoms with Crippen LogP contribution in [0.15, 0.2) is 60.9 Å². The van der Waals surface area contributed by atoms with E-state index in [1.54, 1.807) is 0 Å². The molecule has 1 saturated heterocycles. The van der Waals surface area contributed by atoms with Crippen molar-refractivity contribution in [3.63, 3.8) is 0 Å². The van der Waals surface area contributed by atoms with Gasteiger partial charge in [0.25, 0.3) is 0 Å². The molecule has 3 aromatic rings. The molecule has 5 rings (SSSR count). The lowest BCUT2D eigenvalue weighted by Crippen LogP contribution is -2.47. The zero-order valence-corrected chi connectivity index (χ0v) is 19.1. The summed E-state index contributed by atoms with van der Waals surface area (Å²) in [5.41, 5.74) is 1.31. The SMILES string of the molecule is O=C(C1CCN(c2ncc(C(F)(F)F)cc2Cl)CC1)N1CCn2cccc2C1c1ccccc1. The van der Waals surface area contributed by atoms with Crippen molar-refractivity contribution in [2.24, 2.45) is 5.92 Å². The maximum atomic E-state index is 13.7. The van der Waals surface area contributed by atoms with Crippen LogP contribution in [0.4, 0.5) is 19.0 Å². The van der Waals surface area contributed by atoms with E-state index < -0.39 is 11.7 Å². The van der Waals surface area contributed by atoms with Gasteiger partial charge in [-0.15, -0.1) is 0 Å². The topological polar surface area (TPSA) is 41.4 Å². The molecule has 0 spiro atoms. The Kier molecular flexibility index (Phi) is 6.02. The number of hydrogen-bond acceptors (Lipinski definition) is 3. The molecule has 2 aromatic heterocycles. The van der Waals surface area contributed by atoms with Crippen LogP contribution in [-0.2, 0) is 17.5 Å². The lowest BCUT2D eigenvalue weighted by atomic mass is 9.92. The van der Waals surface area contributed by atoms with E-state index in [1.165, 1.54) is 0 Å². The van der Waals surface area contributed by atoms with Gasteiger partial charge < -0.3 is 14.4 Å². The second kappa shape index (κ2) is 8.98. The fraction of sp³-hybridized carbons (Fsp3) is 0.360. The summed E-state index contributed by atoms with van der Waals surface area (Å²) in [6, 6.07) is 14.9. The molecule has 2 aliphatic rings. The lowest BCUT2D eigenvalue weighted by Gasteiger charge is -2.41. The molecule has 0 aliphatic carbocycles. The Hall–Kier alpha value is -3.00. The quantitative estimate of drug-likeness (QED) is 0.495. The van der Waals surface area contributed by atoms with E-state index in [0.29, 0.717) is 38.3 Å². The predicted octanol–water partition coefficient (Wildman–Crippen LogP) is 5.40. The molecule has 1 unspecified atom stereocenters. The first-order chi connectivity index (χ1) is 16.3. The number of benzene rings is 1. The van der Waals surface area contributed by atoms with Crippen LogP contribution in [0.3, 0.4) is 0 Å². The lowest BCUT2D eigenvalue weighted by molar-refractivity contribution is -0.139. The number of alkyl halides is 3. The van der Waals surface area contributed by atoms with Gasteiger partial charge in [-0.2, -0.15) is 13.2 Å². The fourth-order valence-corrected chi connectivity index (χ4v) is 5.28. The first-order valence-electron chi connectivity index (χ1n) is 11.3. The van der Waals surface area contributed by atoms with Gasteiger partial charge in [0.1, 0.15) is 5.82 Å². The number of carbonyl (C=O) groups is 1. The van der Waals surface area contributed by atoms with Crippen LogP contribution in [0.5, 0.6) is 0 Å². The third kappa shape index (κ3) is 4.27. The average Bonchev–Trinajstić information content (AvgIpc) is 3.32. The third-order valence-corrected chi connectivity index (χ3v) is 7.01. The van der Waals surface area contributed by atoms with Crippen LogP contribution in [0.1, 0.15) is 35.7 Å². The Balaban J connectivity index is 1.31. The van der Waals surface area contributed by atoms with Crippen LogP contribution in [0.2, 0.25) is 5.02 Å². The van der Waals surface area contributed by atoms with E-state index in [4.69, 9.17) is 11.6 Å². The number of anilines is 1. The van der Waals surface area contributed by atoms with Crippen LogP contribution < -0.4 is 4.90 Å². The highest BCUT2D eigenvalue weighted by molar-refractivity contribution is 6.33. The molecule has 1 fully saturated rings. The zero-order valence-electron chi connectivity index (χ0n) is 18.4. The Labute approximate surface area is 200 Å². The highest BCUT2D eigenvalue weighted by atomic mass is 35.5. The molecule has 4 heterocycles. The van der Waals surface area contributed by atoms with Crippen molar-refractivity contribution in [1.82, 2.24) is 14.5 Å². The van der Waals surface area contributed by atoms with Gasteiger partial charge in [0.05, 0.1) is 16.6 Å². The number of nitrogens with zero attached hydrogens (tertiary/aromatic N) is 4. The first-order valence-corrected chi connectivity index (χ1v) is 11.7. The highest BCUT2D eigenvalue weighted by Gasteiger charge is 2.37. The molecule has 0 saturated carbocycles. The standard InChI is InChI=1S/C25H24ClF3N4O/c26-20-15-19(25(27,28)29)16-30-23(20)32-11-8-18(9-12-32)24(34)33-14-13-31-10-4-7-21(31)22(33)17-5-2-1-3-6-17/h1-7,10,15-16,18,22H,8-9,11-14H2. The number of halogens is 4. The van der Waals surface area contributed by atoms with Gasteiger partial charge in [-0.3, -0.25) is 4.79 Å². The molecule has 9 heteroatoms. The monoisotopic (exact) mass is 488 g/mol. The molecule has 5 nitrogen and oxygen atoms in total. The second-order valence-corrected chi connectivity index (χ2v) is 9.17. The number of amides is 1. The van der Waals surface area contributed by atoms with Crippen molar-refractivity contribution in [3.8, 4) is 0 Å². The van der Waals surface area contributed by atoms with Crippen molar-refractivity contribution in [3.05, 3.63) is 82.8 Å². The number of piperidine rings is 1. The van der Waals surface area contributed by atoms with Gasteiger partial charge in [-0.1, -0.05) is 41.9 Å². The van der Waals surface area contributed by atoms with Crippen molar-refractivity contribution < 1.29 is 18.0 Å². The molecule has 178 valence electrons. The van der Waals surface area contributed by atoms with Crippen molar-refractivity contribution in [2.45, 2.75) is 31.6 Å². The number of rotatable bonds is 3. The van der Waals surface area contributed by atoms with Crippen LogP contribution in [-0.4, -0.2) is 40.0 Å². The molecular weight excluding hydrogens is 465 g/mol. The molecule has 0 N–H and O–H groups in total. The Morgan fingerprint density at radius 1 is 1.00 bits per heavy atom. The summed E-state index contributed by atoms with van der Waals surface area (Å²) in [5, 5.41) is -0.0273. The third-order valence-electron chi connectivity index (χ3n) is 6.73. The van der Waals surface area contributed by atoms with Gasteiger partial charge in [-0.25, -0.2) is 4.98 Å². The summed E-state index contributed by atoms with van der Waals surface area (Å²) in [6.45, 7) is 2.40. The van der Waals surface area contributed by atoms with Gasteiger partial charge in [0.2, 0.25) is 5.91 Å². The molecule has 0 bridgehead atoms. The summed E-state index contributed by atoms with van der Waals surface area (Å²) >= 11 is 6.13. The number of pyridine rings is 1. The smallest absolute Gasteiger partial charge is 0.355 e. The number of fused-ring (bicyclic) bond motifs is 1. The summed E-state index contributed by atoms with van der Waals surface area (Å²) < 4.78 is 41.0. The number of carbonyl (C=O) groups excluding carboxylic acids is 1. The molecule has 2 aliphatic heterocycles. The Bertz CT molecular complexity index is 1170. The Morgan fingerprint density at radius 2 is 1.74 bits per heavy atom. The van der Waals surface area contributed by atoms with Gasteiger partial charge in [0.15, 0.2) is 0 Å². The minimum Gasteiger partial charge on any atom is -0.355 e. The predicted molar refractivity (Wildman–Crippen MR) is 124 cm³/mol. The molecule has 1 atom stereocenters. The van der Waals surface area contributed by atoms with Gasteiger partial charge >= 0.3 is 6.18 Å². The minimum atomic E-state index is -4.49. The first kappa shape index (κ1) is 22.8. The zero-order chi connectivity index (χ0) is 23.9. The van der Waals surface area contributed by atoms with E-state index in [2.05, 4.69) is 27.8 Å². The summed E-state index contributed by atoms with van der Waals surface area (Å²) in [4.78, 5) is 21.5. The number of hydrogen-bond donors (Lipinski definition) is 0. The minimum absolute atomic E-state index is 0.0273. The second-order valence-electron chi connectivity index (χ2n) is 8.76. The maximum Gasteiger partial charge on any atom is 0.417 e. The molecule has 1 amide bonds. The fourth-order valence-electron chi connectivity index (χ4n) is 5.00. The summed E-state index contributed by atoms with van der Waals surface area (Å²) in [5.74, 6) is 0.295. The number of aromatic nitrogens is 2.